The Balaban J connectivity index is 1.65. The van der Waals surface area contributed by atoms with Crippen molar-refractivity contribution in [2.24, 2.45) is 0 Å². The number of hydrogen-bond acceptors (Lipinski definition) is 7. The fraction of sp³-hybridized carbons (Fsp3) is 0.375. The van der Waals surface area contributed by atoms with Crippen LogP contribution in [-0.2, 0) is 0 Å². The summed E-state index contributed by atoms with van der Waals surface area (Å²) in [6.07, 6.45) is 4.09. The van der Waals surface area contributed by atoms with Crippen LogP contribution in [-0.4, -0.2) is 54.2 Å². The summed E-state index contributed by atoms with van der Waals surface area (Å²) in [6, 6.07) is 5.10. The topological polar surface area (TPSA) is 89.5 Å². The van der Waals surface area contributed by atoms with Gasteiger partial charge in [-0.1, -0.05) is 0 Å². The molecule has 1 aliphatic heterocycles. The van der Waals surface area contributed by atoms with Gasteiger partial charge >= 0.3 is 0 Å². The van der Waals surface area contributed by atoms with Crippen LogP contribution in [0.5, 0.6) is 11.6 Å². The second kappa shape index (κ2) is 7.12. The van der Waals surface area contributed by atoms with Gasteiger partial charge in [0, 0.05) is 44.5 Å². The normalized spacial score (nSPS) is 16.8. The van der Waals surface area contributed by atoms with Gasteiger partial charge in [-0.25, -0.2) is 4.98 Å². The van der Waals surface area contributed by atoms with E-state index < -0.39 is 0 Å². The molecule has 0 bridgehead atoms. The van der Waals surface area contributed by atoms with Crippen LogP contribution in [0.4, 0.5) is 5.95 Å². The molecule has 0 saturated carbocycles. The highest BCUT2D eigenvalue weighted by Crippen LogP contribution is 2.22. The van der Waals surface area contributed by atoms with Gasteiger partial charge < -0.3 is 19.7 Å². The van der Waals surface area contributed by atoms with Gasteiger partial charge in [0.25, 0.3) is 5.91 Å². The minimum atomic E-state index is -0.238. The number of nitrogens with one attached hydrogen (secondary N) is 1. The molecule has 1 unspecified atom stereocenters. The van der Waals surface area contributed by atoms with Crippen molar-refractivity contribution in [3.05, 3.63) is 36.3 Å². The minimum Gasteiger partial charge on any atom is -0.488 e. The molecule has 2 aromatic heterocycles. The maximum atomic E-state index is 11.6. The number of methoxy groups -OCH3 is 1. The second-order valence-electron chi connectivity index (χ2n) is 5.33. The number of amides is 1. The Morgan fingerprint density at radius 2 is 2.17 bits per heavy atom. The van der Waals surface area contributed by atoms with E-state index in [-0.39, 0.29) is 12.0 Å². The van der Waals surface area contributed by atoms with Gasteiger partial charge in [0.15, 0.2) is 0 Å². The summed E-state index contributed by atoms with van der Waals surface area (Å²) < 4.78 is 11.1. The molecule has 0 aromatic carbocycles. The van der Waals surface area contributed by atoms with Crippen molar-refractivity contribution in [1.82, 2.24) is 20.3 Å². The first-order valence-corrected chi connectivity index (χ1v) is 7.66. The Bertz CT molecular complexity index is 724. The number of ether oxygens (including phenoxy) is 2. The van der Waals surface area contributed by atoms with Gasteiger partial charge in [-0.2, -0.15) is 4.98 Å². The highest BCUT2D eigenvalue weighted by molar-refractivity contribution is 5.92. The van der Waals surface area contributed by atoms with Gasteiger partial charge in [-0.05, 0) is 6.07 Å². The van der Waals surface area contributed by atoms with Crippen LogP contribution >= 0.6 is 0 Å². The molecule has 1 N–H and O–H groups in total. The summed E-state index contributed by atoms with van der Waals surface area (Å²) in [6.45, 7) is 1.47. The van der Waals surface area contributed by atoms with E-state index in [1.807, 2.05) is 4.90 Å². The van der Waals surface area contributed by atoms with Crippen LogP contribution in [0.15, 0.2) is 30.6 Å². The lowest BCUT2D eigenvalue weighted by Crippen LogP contribution is -2.26. The van der Waals surface area contributed by atoms with Crippen molar-refractivity contribution >= 4 is 11.9 Å². The van der Waals surface area contributed by atoms with Crippen LogP contribution in [0.25, 0.3) is 0 Å². The lowest BCUT2D eigenvalue weighted by atomic mass is 10.3. The molecule has 0 aliphatic carbocycles. The van der Waals surface area contributed by atoms with Crippen molar-refractivity contribution in [2.75, 3.05) is 32.1 Å². The molecule has 126 valence electrons. The first kappa shape index (κ1) is 16.0. The number of nitrogens with zero attached hydrogens (tertiary/aromatic N) is 4. The highest BCUT2D eigenvalue weighted by Gasteiger charge is 2.26. The maximum absolute atomic E-state index is 11.6. The summed E-state index contributed by atoms with van der Waals surface area (Å²) in [4.78, 5) is 26.3. The fourth-order valence-corrected chi connectivity index (χ4v) is 2.53. The molecular weight excluding hydrogens is 310 g/mol. The molecular formula is C16H19N5O3. The van der Waals surface area contributed by atoms with Crippen molar-refractivity contribution in [1.29, 1.82) is 0 Å². The van der Waals surface area contributed by atoms with E-state index in [1.54, 1.807) is 44.8 Å². The van der Waals surface area contributed by atoms with Crippen molar-refractivity contribution in [3.8, 4) is 11.6 Å². The molecule has 0 spiro atoms. The zero-order valence-electron chi connectivity index (χ0n) is 13.6. The van der Waals surface area contributed by atoms with E-state index in [9.17, 15) is 4.79 Å². The van der Waals surface area contributed by atoms with Gasteiger partial charge in [-0.15, -0.1) is 0 Å². The minimum absolute atomic E-state index is 0.000242. The molecule has 1 fully saturated rings. The van der Waals surface area contributed by atoms with Crippen molar-refractivity contribution in [3.63, 3.8) is 0 Å². The molecule has 24 heavy (non-hydrogen) atoms. The van der Waals surface area contributed by atoms with E-state index in [4.69, 9.17) is 9.47 Å². The van der Waals surface area contributed by atoms with Crippen LogP contribution in [0.1, 0.15) is 16.9 Å². The quantitative estimate of drug-likeness (QED) is 0.871. The maximum Gasteiger partial charge on any atom is 0.269 e. The fourth-order valence-electron chi connectivity index (χ4n) is 2.53. The third-order valence-electron chi connectivity index (χ3n) is 3.75. The Morgan fingerprint density at radius 3 is 2.96 bits per heavy atom. The monoisotopic (exact) mass is 329 g/mol. The van der Waals surface area contributed by atoms with Crippen LogP contribution in [0.2, 0.25) is 0 Å². The summed E-state index contributed by atoms with van der Waals surface area (Å²) in [5.41, 5.74) is 0.334. The number of pyridine rings is 1. The van der Waals surface area contributed by atoms with Crippen molar-refractivity contribution in [2.45, 2.75) is 12.5 Å². The molecule has 1 saturated heterocycles. The SMILES string of the molecule is CNC(=O)c1cc(OC2CCN(c3nccc(OC)n3)C2)ccn1. The number of carbonyl (C=O) groups is 1. The molecule has 1 aliphatic rings. The predicted octanol–water partition coefficient (Wildman–Crippen LogP) is 0.897. The van der Waals surface area contributed by atoms with Gasteiger partial charge in [0.05, 0.1) is 13.7 Å². The zero-order valence-corrected chi connectivity index (χ0v) is 13.6. The van der Waals surface area contributed by atoms with Crippen LogP contribution in [0, 0.1) is 0 Å². The molecule has 3 rings (SSSR count). The van der Waals surface area contributed by atoms with E-state index in [0.717, 1.165) is 13.0 Å². The molecule has 1 amide bonds. The molecule has 0 radical (unpaired) electrons. The van der Waals surface area contributed by atoms with Gasteiger partial charge in [0.1, 0.15) is 17.5 Å². The Labute approximate surface area is 139 Å². The van der Waals surface area contributed by atoms with Crippen molar-refractivity contribution < 1.29 is 14.3 Å². The zero-order chi connectivity index (χ0) is 16.9. The third-order valence-corrected chi connectivity index (χ3v) is 3.75. The molecule has 2 aromatic rings. The highest BCUT2D eigenvalue weighted by atomic mass is 16.5. The number of carbonyl (C=O) groups excluding carboxylic acids is 1. The first-order chi connectivity index (χ1) is 11.7. The van der Waals surface area contributed by atoms with Gasteiger partial charge in [0.2, 0.25) is 11.8 Å². The second-order valence-corrected chi connectivity index (χ2v) is 5.33. The average Bonchev–Trinajstić information content (AvgIpc) is 3.10. The number of rotatable bonds is 5. The lowest BCUT2D eigenvalue weighted by molar-refractivity contribution is 0.0957. The van der Waals surface area contributed by atoms with E-state index in [1.165, 1.54) is 0 Å². The molecule has 8 nitrogen and oxygen atoms in total. The standard InChI is InChI=1S/C16H19N5O3/c1-17-15(22)13-9-11(3-6-18-13)24-12-5-8-21(10-12)16-19-7-4-14(20-16)23-2/h3-4,6-7,9,12H,5,8,10H2,1-2H3,(H,17,22). The number of anilines is 1. The smallest absolute Gasteiger partial charge is 0.269 e. The molecule has 8 heteroatoms. The summed E-state index contributed by atoms with van der Waals surface area (Å²) in [5.74, 6) is 1.55. The Kier molecular flexibility index (Phi) is 4.74. The number of aromatic nitrogens is 3. The average molecular weight is 329 g/mol. The predicted molar refractivity (Wildman–Crippen MR) is 87.5 cm³/mol. The molecule has 3 heterocycles. The van der Waals surface area contributed by atoms with Crippen LogP contribution in [0.3, 0.4) is 0 Å². The third kappa shape index (κ3) is 3.53. The van der Waals surface area contributed by atoms with E-state index >= 15 is 0 Å². The Hall–Kier alpha value is -2.90. The van der Waals surface area contributed by atoms with Gasteiger partial charge in [-0.3, -0.25) is 9.78 Å². The largest absolute Gasteiger partial charge is 0.488 e. The lowest BCUT2D eigenvalue weighted by Gasteiger charge is -2.17. The number of hydrogen-bond donors (Lipinski definition) is 1. The summed E-state index contributed by atoms with van der Waals surface area (Å²) >= 11 is 0. The van der Waals surface area contributed by atoms with E-state index in [2.05, 4.69) is 20.3 Å². The summed E-state index contributed by atoms with van der Waals surface area (Å²) in [5, 5.41) is 2.55. The Morgan fingerprint density at radius 1 is 1.33 bits per heavy atom. The van der Waals surface area contributed by atoms with Crippen LogP contribution < -0.4 is 19.7 Å². The van der Waals surface area contributed by atoms with E-state index in [0.29, 0.717) is 29.8 Å². The molecule has 1 atom stereocenters. The first-order valence-electron chi connectivity index (χ1n) is 7.66. The summed E-state index contributed by atoms with van der Waals surface area (Å²) in [7, 11) is 3.15.